The summed E-state index contributed by atoms with van der Waals surface area (Å²) in [5.74, 6) is 0.728. The zero-order valence-electron chi connectivity index (χ0n) is 16.3. The van der Waals surface area contributed by atoms with E-state index < -0.39 is 10.0 Å². The molecule has 1 heterocycles. The van der Waals surface area contributed by atoms with Crippen molar-refractivity contribution in [2.75, 3.05) is 32.6 Å². The quantitative estimate of drug-likeness (QED) is 0.783. The Balaban J connectivity index is 2.06. The largest absolute Gasteiger partial charge is 0.496 e. The van der Waals surface area contributed by atoms with Crippen LogP contribution in [0.3, 0.4) is 0 Å². The van der Waals surface area contributed by atoms with Gasteiger partial charge < -0.3 is 9.64 Å². The van der Waals surface area contributed by atoms with Crippen LogP contribution in [-0.4, -0.2) is 40.5 Å². The average molecular weight is 387 g/mol. The van der Waals surface area contributed by atoms with Crippen molar-refractivity contribution >= 4 is 21.4 Å². The molecule has 1 saturated heterocycles. The van der Waals surface area contributed by atoms with E-state index in [0.717, 1.165) is 35.4 Å². The molecule has 1 aliphatic rings. The van der Waals surface area contributed by atoms with E-state index in [1.165, 1.54) is 4.31 Å². The van der Waals surface area contributed by atoms with Crippen LogP contribution >= 0.6 is 0 Å². The fourth-order valence-electron chi connectivity index (χ4n) is 3.11. The zero-order chi connectivity index (χ0) is 19.6. The summed E-state index contributed by atoms with van der Waals surface area (Å²) in [6.07, 6.45) is 1.63. The Morgan fingerprint density at radius 2 is 1.59 bits per heavy atom. The van der Waals surface area contributed by atoms with Crippen LogP contribution in [0, 0.1) is 6.92 Å². The molecule has 0 spiro atoms. The van der Waals surface area contributed by atoms with Crippen LogP contribution in [0.2, 0.25) is 0 Å². The predicted molar refractivity (Wildman–Crippen MR) is 109 cm³/mol. The van der Waals surface area contributed by atoms with Crippen LogP contribution in [0.25, 0.3) is 5.70 Å². The number of allylic oxidation sites excluding steroid dienone is 1. The Kier molecular flexibility index (Phi) is 5.46. The molecular weight excluding hydrogens is 360 g/mol. The van der Waals surface area contributed by atoms with Gasteiger partial charge in [-0.15, -0.1) is 0 Å². The summed E-state index contributed by atoms with van der Waals surface area (Å²) >= 11 is 0. The van der Waals surface area contributed by atoms with Gasteiger partial charge in [-0.1, -0.05) is 29.8 Å². The van der Waals surface area contributed by atoms with Gasteiger partial charge >= 0.3 is 0 Å². The number of ether oxygens (including phenoxy) is 1. The van der Waals surface area contributed by atoms with Crippen molar-refractivity contribution < 1.29 is 13.2 Å². The zero-order valence-corrected chi connectivity index (χ0v) is 17.1. The first kappa shape index (κ1) is 19.3. The minimum absolute atomic E-state index is 0.275. The number of benzene rings is 2. The van der Waals surface area contributed by atoms with Crippen molar-refractivity contribution in [2.24, 2.45) is 0 Å². The maximum Gasteiger partial charge on any atom is 0.264 e. The lowest BCUT2D eigenvalue weighted by Crippen LogP contribution is -2.27. The molecule has 0 radical (unpaired) electrons. The van der Waals surface area contributed by atoms with E-state index in [4.69, 9.17) is 4.74 Å². The highest BCUT2D eigenvalue weighted by atomic mass is 32.2. The van der Waals surface area contributed by atoms with Gasteiger partial charge in [0.2, 0.25) is 0 Å². The average Bonchev–Trinajstić information content (AvgIpc) is 3.17. The molecule has 0 saturated carbocycles. The molecule has 0 unspecified atom stereocenters. The number of rotatable bonds is 5. The van der Waals surface area contributed by atoms with Gasteiger partial charge in [0.15, 0.2) is 0 Å². The topological polar surface area (TPSA) is 49.9 Å². The standard InChI is InChI=1S/C21H26N2O3S/c1-16-7-13-19(14-8-16)27(24,25)23(4)21(20-6-5-15-26-20)17-9-11-18(12-10-17)22(2)3/h7-14H,5-6,15H2,1-4H3/b21-20+. The van der Waals surface area contributed by atoms with Crippen LogP contribution in [0.15, 0.2) is 59.2 Å². The van der Waals surface area contributed by atoms with E-state index in [9.17, 15) is 8.42 Å². The summed E-state index contributed by atoms with van der Waals surface area (Å²) in [4.78, 5) is 2.28. The maximum absolute atomic E-state index is 13.2. The number of sulfonamides is 1. The molecule has 5 nitrogen and oxygen atoms in total. The van der Waals surface area contributed by atoms with E-state index in [0.29, 0.717) is 12.3 Å². The molecule has 1 fully saturated rings. The van der Waals surface area contributed by atoms with E-state index in [1.807, 2.05) is 62.3 Å². The summed E-state index contributed by atoms with van der Waals surface area (Å²) < 4.78 is 33.6. The second-order valence-corrected chi connectivity index (χ2v) is 8.92. The first-order chi connectivity index (χ1) is 12.8. The summed E-state index contributed by atoms with van der Waals surface area (Å²) in [5, 5.41) is 0. The Morgan fingerprint density at radius 3 is 2.11 bits per heavy atom. The number of anilines is 1. The smallest absolute Gasteiger partial charge is 0.264 e. The van der Waals surface area contributed by atoms with Gasteiger partial charge in [0, 0.05) is 38.8 Å². The molecule has 0 amide bonds. The fourth-order valence-corrected chi connectivity index (χ4v) is 4.36. The van der Waals surface area contributed by atoms with E-state index in [1.54, 1.807) is 19.2 Å². The fraction of sp³-hybridized carbons (Fsp3) is 0.333. The third-order valence-corrected chi connectivity index (χ3v) is 6.51. The van der Waals surface area contributed by atoms with Crippen LogP contribution < -0.4 is 4.90 Å². The summed E-state index contributed by atoms with van der Waals surface area (Å²) in [7, 11) is 1.86. The first-order valence-corrected chi connectivity index (χ1v) is 10.4. The van der Waals surface area contributed by atoms with Crippen molar-refractivity contribution in [3.63, 3.8) is 0 Å². The predicted octanol–water partition coefficient (Wildman–Crippen LogP) is 3.86. The molecular formula is C21H26N2O3S. The van der Waals surface area contributed by atoms with Crippen molar-refractivity contribution in [3.05, 3.63) is 65.4 Å². The SMILES string of the molecule is Cc1ccc(S(=O)(=O)N(C)/C(=C2\CCCO2)c2ccc(N(C)C)cc2)cc1. The van der Waals surface area contributed by atoms with Crippen molar-refractivity contribution in [2.45, 2.75) is 24.7 Å². The van der Waals surface area contributed by atoms with Crippen LogP contribution in [0.1, 0.15) is 24.0 Å². The Labute approximate surface area is 161 Å². The molecule has 2 aromatic carbocycles. The van der Waals surface area contributed by atoms with Gasteiger partial charge in [-0.3, -0.25) is 4.31 Å². The van der Waals surface area contributed by atoms with Crippen molar-refractivity contribution in [1.82, 2.24) is 4.31 Å². The Morgan fingerprint density at radius 1 is 0.963 bits per heavy atom. The minimum atomic E-state index is -3.68. The first-order valence-electron chi connectivity index (χ1n) is 9.00. The molecule has 27 heavy (non-hydrogen) atoms. The number of aryl methyl sites for hydroxylation is 1. The maximum atomic E-state index is 13.2. The lowest BCUT2D eigenvalue weighted by Gasteiger charge is -2.25. The number of hydrogen-bond donors (Lipinski definition) is 0. The molecule has 0 atom stereocenters. The number of nitrogens with zero attached hydrogens (tertiary/aromatic N) is 2. The second kappa shape index (κ2) is 7.64. The lowest BCUT2D eigenvalue weighted by atomic mass is 10.1. The van der Waals surface area contributed by atoms with Crippen LogP contribution in [0.5, 0.6) is 0 Å². The van der Waals surface area contributed by atoms with Gasteiger partial charge in [-0.2, -0.15) is 0 Å². The molecule has 0 bridgehead atoms. The van der Waals surface area contributed by atoms with Gasteiger partial charge in [0.25, 0.3) is 10.0 Å². The van der Waals surface area contributed by atoms with Gasteiger partial charge in [-0.05, 0) is 37.6 Å². The van der Waals surface area contributed by atoms with Crippen LogP contribution in [-0.2, 0) is 14.8 Å². The third kappa shape index (κ3) is 3.95. The highest BCUT2D eigenvalue weighted by Crippen LogP contribution is 2.33. The van der Waals surface area contributed by atoms with Crippen molar-refractivity contribution in [1.29, 1.82) is 0 Å². The lowest BCUT2D eigenvalue weighted by molar-refractivity contribution is 0.262. The summed E-state index contributed by atoms with van der Waals surface area (Å²) in [6, 6.07) is 14.8. The normalized spacial score (nSPS) is 16.0. The minimum Gasteiger partial charge on any atom is -0.496 e. The van der Waals surface area contributed by atoms with Crippen molar-refractivity contribution in [3.8, 4) is 0 Å². The van der Waals surface area contributed by atoms with Gasteiger partial charge in [0.05, 0.1) is 17.2 Å². The van der Waals surface area contributed by atoms with Gasteiger partial charge in [-0.25, -0.2) is 8.42 Å². The molecule has 6 heteroatoms. The summed E-state index contributed by atoms with van der Waals surface area (Å²) in [5.41, 5.74) is 3.52. The molecule has 0 aromatic heterocycles. The summed E-state index contributed by atoms with van der Waals surface area (Å²) in [6.45, 7) is 2.55. The molecule has 0 N–H and O–H groups in total. The molecule has 0 aliphatic carbocycles. The highest BCUT2D eigenvalue weighted by Gasteiger charge is 2.28. The molecule has 2 aromatic rings. The van der Waals surface area contributed by atoms with E-state index >= 15 is 0 Å². The van der Waals surface area contributed by atoms with E-state index in [-0.39, 0.29) is 4.90 Å². The highest BCUT2D eigenvalue weighted by molar-refractivity contribution is 7.89. The molecule has 1 aliphatic heterocycles. The number of hydrogen-bond acceptors (Lipinski definition) is 4. The van der Waals surface area contributed by atoms with Crippen LogP contribution in [0.4, 0.5) is 5.69 Å². The Bertz CT molecular complexity index is 922. The third-order valence-electron chi connectivity index (χ3n) is 4.74. The molecule has 3 rings (SSSR count). The monoisotopic (exact) mass is 386 g/mol. The van der Waals surface area contributed by atoms with E-state index in [2.05, 4.69) is 0 Å². The molecule has 144 valence electrons. The Hall–Kier alpha value is -2.47. The second-order valence-electron chi connectivity index (χ2n) is 6.95. The van der Waals surface area contributed by atoms with Gasteiger partial charge in [0.1, 0.15) is 5.76 Å².